The van der Waals surface area contributed by atoms with Gasteiger partial charge in [-0.15, -0.1) is 0 Å². The summed E-state index contributed by atoms with van der Waals surface area (Å²) in [6.07, 6.45) is 1.54. The van der Waals surface area contributed by atoms with Gasteiger partial charge in [0, 0.05) is 41.3 Å². The maximum atomic E-state index is 14.0. The first kappa shape index (κ1) is 21.6. The normalized spacial score (nSPS) is 16.9. The molecule has 2 aromatic heterocycles. The molecule has 1 N–H and O–H groups in total. The summed E-state index contributed by atoms with van der Waals surface area (Å²) >= 11 is 0. The van der Waals surface area contributed by atoms with Gasteiger partial charge in [-0.3, -0.25) is 9.59 Å². The van der Waals surface area contributed by atoms with Crippen LogP contribution in [0.4, 0.5) is 17.6 Å². The molecule has 0 bridgehead atoms. The fraction of sp³-hybridized carbons (Fsp3) is 0.409. The van der Waals surface area contributed by atoms with E-state index in [1.54, 1.807) is 0 Å². The molecule has 0 spiro atoms. The summed E-state index contributed by atoms with van der Waals surface area (Å²) in [7, 11) is 0. The van der Waals surface area contributed by atoms with Gasteiger partial charge in [0.2, 0.25) is 11.5 Å². The number of hydrogen-bond acceptors (Lipinski definition) is 5. The Morgan fingerprint density at radius 1 is 1.27 bits per heavy atom. The van der Waals surface area contributed by atoms with E-state index in [1.165, 1.54) is 17.0 Å². The number of benzene rings is 1. The third kappa shape index (κ3) is 4.01. The molecule has 33 heavy (non-hydrogen) atoms. The van der Waals surface area contributed by atoms with E-state index in [0.717, 1.165) is 6.07 Å². The molecule has 0 radical (unpaired) electrons. The highest BCUT2D eigenvalue weighted by atomic mass is 19.3. The van der Waals surface area contributed by atoms with E-state index >= 15 is 0 Å². The third-order valence-corrected chi connectivity index (χ3v) is 6.31. The zero-order valence-electron chi connectivity index (χ0n) is 17.3. The molecule has 0 unspecified atom stereocenters. The highest BCUT2D eigenvalue weighted by Gasteiger charge is 2.46. The maximum absolute atomic E-state index is 14.0. The zero-order chi connectivity index (χ0) is 23.3. The number of rotatable bonds is 7. The zero-order valence-corrected chi connectivity index (χ0v) is 17.3. The summed E-state index contributed by atoms with van der Waals surface area (Å²) < 4.78 is 61.9. The number of ketones is 1. The average Bonchev–Trinajstić information content (AvgIpc) is 3.21. The number of carbonyl (C=O) groups excluding carboxylic acids is 2. The molecule has 3 heterocycles. The minimum absolute atomic E-state index is 0.00980. The van der Waals surface area contributed by atoms with Gasteiger partial charge in [-0.05, 0) is 31.0 Å². The lowest BCUT2D eigenvalue weighted by atomic mass is 9.96. The Balaban J connectivity index is 1.33. The van der Waals surface area contributed by atoms with Crippen LogP contribution in [0.1, 0.15) is 51.6 Å². The van der Waals surface area contributed by atoms with Gasteiger partial charge in [0.05, 0.1) is 18.8 Å². The van der Waals surface area contributed by atoms with Crippen molar-refractivity contribution in [2.24, 2.45) is 5.41 Å². The van der Waals surface area contributed by atoms with Gasteiger partial charge >= 0.3 is 6.61 Å². The molecule has 0 atom stereocenters. The van der Waals surface area contributed by atoms with Gasteiger partial charge in [0.25, 0.3) is 5.91 Å². The molecular weight excluding hydrogens is 446 g/mol. The molecule has 1 fully saturated rings. The van der Waals surface area contributed by atoms with Gasteiger partial charge in [-0.25, -0.2) is 8.78 Å². The molecular formula is C22H19F4N3O4. The summed E-state index contributed by atoms with van der Waals surface area (Å²) in [6.45, 7) is -2.77. The van der Waals surface area contributed by atoms with Crippen molar-refractivity contribution < 1.29 is 36.4 Å². The molecule has 11 heteroatoms. The van der Waals surface area contributed by atoms with Crippen molar-refractivity contribution in [1.29, 1.82) is 0 Å². The van der Waals surface area contributed by atoms with Crippen LogP contribution in [0.15, 0.2) is 22.7 Å². The number of aromatic nitrogens is 2. The second-order valence-corrected chi connectivity index (χ2v) is 8.59. The summed E-state index contributed by atoms with van der Waals surface area (Å²) in [4.78, 5) is 30.1. The van der Waals surface area contributed by atoms with E-state index in [9.17, 15) is 27.2 Å². The third-order valence-electron chi connectivity index (χ3n) is 6.31. The molecule has 3 aromatic rings. The molecule has 1 aliphatic heterocycles. The number of Topliss-reactive ketones (excluding diaryl/α,β-unsaturated/α-hetero) is 1. The van der Waals surface area contributed by atoms with Crippen LogP contribution in [-0.2, 0) is 17.7 Å². The quantitative estimate of drug-likeness (QED) is 0.417. The fourth-order valence-corrected chi connectivity index (χ4v) is 4.24. The molecule has 2 aliphatic rings. The summed E-state index contributed by atoms with van der Waals surface area (Å²) in [5.74, 6) is -2.86. The highest BCUT2D eigenvalue weighted by Crippen LogP contribution is 2.50. The van der Waals surface area contributed by atoms with E-state index in [4.69, 9.17) is 4.52 Å². The Labute approximate surface area is 184 Å². The van der Waals surface area contributed by atoms with Crippen LogP contribution in [0.3, 0.4) is 0 Å². The number of H-pyrrole nitrogens is 1. The molecule has 1 aromatic carbocycles. The molecule has 5 rings (SSSR count). The van der Waals surface area contributed by atoms with Gasteiger partial charge in [-0.1, -0.05) is 5.16 Å². The predicted molar refractivity (Wildman–Crippen MR) is 106 cm³/mol. The van der Waals surface area contributed by atoms with E-state index in [2.05, 4.69) is 14.9 Å². The van der Waals surface area contributed by atoms with Crippen molar-refractivity contribution >= 4 is 22.6 Å². The van der Waals surface area contributed by atoms with E-state index in [-0.39, 0.29) is 47.7 Å². The molecule has 1 aliphatic carbocycles. The van der Waals surface area contributed by atoms with Crippen molar-refractivity contribution in [3.8, 4) is 0 Å². The van der Waals surface area contributed by atoms with Crippen LogP contribution in [0.2, 0.25) is 0 Å². The van der Waals surface area contributed by atoms with Crippen LogP contribution in [0, 0.1) is 17.0 Å². The maximum Gasteiger partial charge on any atom is 0.345 e. The predicted octanol–water partition coefficient (Wildman–Crippen LogP) is 4.22. The van der Waals surface area contributed by atoms with Gasteiger partial charge in [0.15, 0.2) is 11.6 Å². The summed E-state index contributed by atoms with van der Waals surface area (Å²) in [5.41, 5.74) is 0.778. The van der Waals surface area contributed by atoms with Crippen molar-refractivity contribution in [2.45, 2.75) is 38.8 Å². The Bertz CT molecular complexity index is 1250. The largest absolute Gasteiger partial charge is 0.352 e. The van der Waals surface area contributed by atoms with Crippen molar-refractivity contribution in [3.05, 3.63) is 52.5 Å². The van der Waals surface area contributed by atoms with Crippen LogP contribution in [-0.4, -0.2) is 46.5 Å². The Morgan fingerprint density at radius 2 is 2.06 bits per heavy atom. The number of alkyl halides is 2. The van der Waals surface area contributed by atoms with Crippen LogP contribution >= 0.6 is 0 Å². The Hall–Kier alpha value is -3.21. The molecule has 1 saturated carbocycles. The number of halogens is 4. The monoisotopic (exact) mass is 465 g/mol. The number of ether oxygens (including phenoxy) is 1. The van der Waals surface area contributed by atoms with Gasteiger partial charge < -0.3 is 19.1 Å². The Morgan fingerprint density at radius 3 is 2.79 bits per heavy atom. The van der Waals surface area contributed by atoms with Crippen LogP contribution in [0.25, 0.3) is 10.9 Å². The first-order chi connectivity index (χ1) is 15.8. The topological polar surface area (TPSA) is 88.4 Å². The second-order valence-electron chi connectivity index (χ2n) is 8.59. The van der Waals surface area contributed by atoms with Crippen molar-refractivity contribution in [2.75, 3.05) is 13.2 Å². The first-order valence-electron chi connectivity index (χ1n) is 10.4. The molecule has 1 amide bonds. The number of nitrogens with one attached hydrogen (secondary N) is 1. The number of carbonyl (C=O) groups is 2. The first-order valence-corrected chi connectivity index (χ1v) is 10.4. The number of nitrogens with zero attached hydrogens (tertiary/aromatic N) is 2. The van der Waals surface area contributed by atoms with Crippen molar-refractivity contribution in [3.63, 3.8) is 0 Å². The second kappa shape index (κ2) is 7.98. The van der Waals surface area contributed by atoms with Crippen LogP contribution in [0.5, 0.6) is 0 Å². The fourth-order valence-electron chi connectivity index (χ4n) is 4.24. The lowest BCUT2D eigenvalue weighted by molar-refractivity contribution is -0.140. The summed E-state index contributed by atoms with van der Waals surface area (Å²) in [6, 6.07) is 3.58. The van der Waals surface area contributed by atoms with Crippen molar-refractivity contribution in [1.82, 2.24) is 15.0 Å². The van der Waals surface area contributed by atoms with E-state index < -0.39 is 29.6 Å². The smallest absolute Gasteiger partial charge is 0.345 e. The number of hydrogen-bond donors (Lipinski definition) is 1. The highest BCUT2D eigenvalue weighted by molar-refractivity contribution is 5.99. The van der Waals surface area contributed by atoms with Gasteiger partial charge in [-0.2, -0.15) is 8.78 Å². The number of fused-ring (bicyclic) bond motifs is 2. The minimum atomic E-state index is -2.90. The summed E-state index contributed by atoms with van der Waals surface area (Å²) in [5, 5.41) is 3.91. The SMILES string of the molecule is O=C(CC1(COC(F)F)CC1)c1onc2c1CN(C(=O)c1cc3c(F)c(F)ccc3[nH]1)CC2. The Kier molecular flexibility index (Phi) is 5.23. The molecule has 0 saturated heterocycles. The molecule has 174 valence electrons. The van der Waals surface area contributed by atoms with E-state index in [0.29, 0.717) is 37.1 Å². The molecule has 7 nitrogen and oxygen atoms in total. The van der Waals surface area contributed by atoms with Gasteiger partial charge in [0.1, 0.15) is 5.69 Å². The van der Waals surface area contributed by atoms with Crippen LogP contribution < -0.4 is 0 Å². The number of aromatic amines is 1. The lowest BCUT2D eigenvalue weighted by Crippen LogP contribution is -2.36. The average molecular weight is 465 g/mol. The standard InChI is InChI=1S/C22H19F4N3O4/c23-13-1-2-14-11(18(13)24)7-16(27-14)20(31)29-6-3-15-12(9-29)19(33-28-15)17(30)8-22(4-5-22)10-32-21(25)26/h1-2,7,21,27H,3-6,8-10H2. The number of amides is 1. The lowest BCUT2D eigenvalue weighted by Gasteiger charge is -2.26. The minimum Gasteiger partial charge on any atom is -0.352 e. The van der Waals surface area contributed by atoms with E-state index in [1.807, 2.05) is 0 Å².